The van der Waals surface area contributed by atoms with Crippen LogP contribution in [0.3, 0.4) is 0 Å². The summed E-state index contributed by atoms with van der Waals surface area (Å²) in [4.78, 5) is 17.8. The predicted molar refractivity (Wildman–Crippen MR) is 59.2 cm³/mol. The highest BCUT2D eigenvalue weighted by molar-refractivity contribution is 7.09. The van der Waals surface area contributed by atoms with Crippen LogP contribution in [-0.4, -0.2) is 30.5 Å². The van der Waals surface area contributed by atoms with Gasteiger partial charge in [-0.25, -0.2) is 0 Å². The van der Waals surface area contributed by atoms with E-state index in [1.54, 1.807) is 0 Å². The van der Waals surface area contributed by atoms with Gasteiger partial charge >= 0.3 is 4.87 Å². The lowest BCUT2D eigenvalue weighted by atomic mass is 9.91. The highest BCUT2D eigenvalue weighted by Crippen LogP contribution is 2.31. The SMILES string of the molecule is CN(C)CC1CCCc2sc(=O)[nH]c21. The lowest BCUT2D eigenvalue weighted by Gasteiger charge is -2.24. The Hall–Kier alpha value is -0.610. The predicted octanol–water partition coefficient (Wildman–Crippen LogP) is 1.42. The van der Waals surface area contributed by atoms with Crippen molar-refractivity contribution in [1.29, 1.82) is 0 Å². The summed E-state index contributed by atoms with van der Waals surface area (Å²) in [6.45, 7) is 1.04. The van der Waals surface area contributed by atoms with Crippen LogP contribution in [0.25, 0.3) is 0 Å². The molecule has 0 saturated heterocycles. The zero-order valence-electron chi connectivity index (χ0n) is 8.67. The molecular weight excluding hydrogens is 196 g/mol. The van der Waals surface area contributed by atoms with E-state index in [0.717, 1.165) is 13.0 Å². The number of H-pyrrole nitrogens is 1. The number of aromatic nitrogens is 1. The largest absolute Gasteiger partial charge is 0.316 e. The third-order valence-corrected chi connectivity index (χ3v) is 3.66. The lowest BCUT2D eigenvalue weighted by molar-refractivity contribution is 0.349. The number of aromatic amines is 1. The van der Waals surface area contributed by atoms with Gasteiger partial charge in [-0.1, -0.05) is 11.3 Å². The highest BCUT2D eigenvalue weighted by Gasteiger charge is 2.23. The minimum atomic E-state index is 0.112. The molecule has 1 unspecified atom stereocenters. The zero-order valence-corrected chi connectivity index (χ0v) is 9.49. The molecule has 78 valence electrons. The summed E-state index contributed by atoms with van der Waals surface area (Å²) in [6.07, 6.45) is 3.51. The first-order chi connectivity index (χ1) is 6.66. The minimum absolute atomic E-state index is 0.112. The van der Waals surface area contributed by atoms with Crippen LogP contribution in [0.15, 0.2) is 4.79 Å². The van der Waals surface area contributed by atoms with Crippen LogP contribution in [0.4, 0.5) is 0 Å². The molecular formula is C10H16N2OS. The van der Waals surface area contributed by atoms with Crippen LogP contribution in [0.5, 0.6) is 0 Å². The van der Waals surface area contributed by atoms with Gasteiger partial charge in [0, 0.05) is 23.0 Å². The Morgan fingerprint density at radius 3 is 3.07 bits per heavy atom. The molecule has 1 aliphatic carbocycles. The molecule has 1 N–H and O–H groups in total. The molecule has 0 bridgehead atoms. The number of thiazole rings is 1. The van der Waals surface area contributed by atoms with E-state index in [1.807, 2.05) is 0 Å². The molecule has 0 aromatic carbocycles. The van der Waals surface area contributed by atoms with Gasteiger partial charge in [0.2, 0.25) is 0 Å². The third kappa shape index (κ3) is 1.91. The van der Waals surface area contributed by atoms with Gasteiger partial charge in [0.1, 0.15) is 0 Å². The molecule has 0 aliphatic heterocycles. The Kier molecular flexibility index (Phi) is 2.74. The van der Waals surface area contributed by atoms with Crippen molar-refractivity contribution >= 4 is 11.3 Å². The molecule has 0 spiro atoms. The zero-order chi connectivity index (χ0) is 10.1. The van der Waals surface area contributed by atoms with E-state index in [-0.39, 0.29) is 4.87 Å². The molecule has 1 aromatic rings. The molecule has 3 nitrogen and oxygen atoms in total. The van der Waals surface area contributed by atoms with E-state index in [1.165, 1.54) is 34.7 Å². The maximum Gasteiger partial charge on any atom is 0.304 e. The second-order valence-corrected chi connectivity index (χ2v) is 5.27. The molecule has 1 aliphatic rings. The Morgan fingerprint density at radius 2 is 2.36 bits per heavy atom. The average molecular weight is 212 g/mol. The number of nitrogens with zero attached hydrogens (tertiary/aromatic N) is 1. The van der Waals surface area contributed by atoms with Crippen LogP contribution in [-0.2, 0) is 6.42 Å². The van der Waals surface area contributed by atoms with Gasteiger partial charge in [0.05, 0.1) is 0 Å². The Morgan fingerprint density at radius 1 is 1.57 bits per heavy atom. The van der Waals surface area contributed by atoms with Gasteiger partial charge in [-0.05, 0) is 33.4 Å². The number of fused-ring (bicyclic) bond motifs is 1. The smallest absolute Gasteiger partial charge is 0.304 e. The monoisotopic (exact) mass is 212 g/mol. The van der Waals surface area contributed by atoms with Crippen LogP contribution >= 0.6 is 11.3 Å². The summed E-state index contributed by atoms with van der Waals surface area (Å²) < 4.78 is 0. The Labute approximate surface area is 87.8 Å². The summed E-state index contributed by atoms with van der Waals surface area (Å²) in [7, 11) is 4.16. The van der Waals surface area contributed by atoms with Gasteiger partial charge in [-0.3, -0.25) is 4.79 Å². The molecule has 14 heavy (non-hydrogen) atoms. The Balaban J connectivity index is 2.26. The summed E-state index contributed by atoms with van der Waals surface area (Å²) in [6, 6.07) is 0. The van der Waals surface area contributed by atoms with Gasteiger partial charge in [0.25, 0.3) is 0 Å². The van der Waals surface area contributed by atoms with E-state index in [4.69, 9.17) is 0 Å². The molecule has 0 amide bonds. The van der Waals surface area contributed by atoms with Crippen LogP contribution < -0.4 is 4.87 Å². The van der Waals surface area contributed by atoms with E-state index in [2.05, 4.69) is 24.0 Å². The third-order valence-electron chi connectivity index (χ3n) is 2.70. The molecule has 2 rings (SSSR count). The van der Waals surface area contributed by atoms with E-state index in [0.29, 0.717) is 5.92 Å². The quantitative estimate of drug-likeness (QED) is 0.805. The van der Waals surface area contributed by atoms with Crippen LogP contribution in [0, 0.1) is 0 Å². The lowest BCUT2D eigenvalue weighted by Crippen LogP contribution is -2.23. The standard InChI is InChI=1S/C10H16N2OS/c1-12(2)6-7-4-3-5-8-9(7)11-10(13)14-8/h7H,3-6H2,1-2H3,(H,11,13). The first-order valence-corrected chi connectivity index (χ1v) is 5.85. The molecule has 1 aromatic heterocycles. The fourth-order valence-electron chi connectivity index (χ4n) is 2.16. The first-order valence-electron chi connectivity index (χ1n) is 5.03. The van der Waals surface area contributed by atoms with Crippen molar-refractivity contribution in [2.24, 2.45) is 0 Å². The maximum atomic E-state index is 11.2. The van der Waals surface area contributed by atoms with Gasteiger partial charge in [0.15, 0.2) is 0 Å². The molecule has 0 saturated carbocycles. The van der Waals surface area contributed by atoms with E-state index in [9.17, 15) is 4.79 Å². The fraction of sp³-hybridized carbons (Fsp3) is 0.700. The van der Waals surface area contributed by atoms with Crippen molar-refractivity contribution in [3.63, 3.8) is 0 Å². The summed E-state index contributed by atoms with van der Waals surface area (Å²) in [5, 5.41) is 0. The molecule has 1 heterocycles. The van der Waals surface area contributed by atoms with E-state index < -0.39 is 0 Å². The second kappa shape index (κ2) is 3.87. The van der Waals surface area contributed by atoms with Crippen LogP contribution in [0.2, 0.25) is 0 Å². The molecule has 4 heteroatoms. The number of hydrogen-bond acceptors (Lipinski definition) is 3. The number of nitrogens with one attached hydrogen (secondary N) is 1. The summed E-state index contributed by atoms with van der Waals surface area (Å²) in [5.41, 5.74) is 1.21. The maximum absolute atomic E-state index is 11.2. The fourth-order valence-corrected chi connectivity index (χ4v) is 3.12. The van der Waals surface area contributed by atoms with Crippen molar-refractivity contribution in [2.75, 3.05) is 20.6 Å². The first kappa shape index (κ1) is 9.93. The Bertz CT molecular complexity index is 366. The molecule has 0 fully saturated rings. The topological polar surface area (TPSA) is 36.1 Å². The van der Waals surface area contributed by atoms with Gasteiger partial charge in [-0.15, -0.1) is 0 Å². The number of hydrogen-bond donors (Lipinski definition) is 1. The average Bonchev–Trinajstić information content (AvgIpc) is 2.45. The minimum Gasteiger partial charge on any atom is -0.316 e. The van der Waals surface area contributed by atoms with Crippen molar-refractivity contribution < 1.29 is 0 Å². The molecule has 0 radical (unpaired) electrons. The van der Waals surface area contributed by atoms with Crippen molar-refractivity contribution in [2.45, 2.75) is 25.2 Å². The second-order valence-electron chi connectivity index (χ2n) is 4.20. The molecule has 1 atom stereocenters. The highest BCUT2D eigenvalue weighted by atomic mass is 32.1. The van der Waals surface area contributed by atoms with Crippen LogP contribution in [0.1, 0.15) is 29.3 Å². The number of rotatable bonds is 2. The van der Waals surface area contributed by atoms with Gasteiger partial charge < -0.3 is 9.88 Å². The summed E-state index contributed by atoms with van der Waals surface area (Å²) >= 11 is 1.39. The van der Waals surface area contributed by atoms with Crippen molar-refractivity contribution in [3.8, 4) is 0 Å². The number of likely N-dealkylation sites (N-methyl/N-ethyl adjacent to an activating group) is 1. The van der Waals surface area contributed by atoms with Crippen molar-refractivity contribution in [1.82, 2.24) is 9.88 Å². The van der Waals surface area contributed by atoms with Crippen molar-refractivity contribution in [3.05, 3.63) is 20.2 Å². The number of aryl methyl sites for hydroxylation is 1. The summed E-state index contributed by atoms with van der Waals surface area (Å²) in [5.74, 6) is 0.535. The normalized spacial score (nSPS) is 21.2. The van der Waals surface area contributed by atoms with Gasteiger partial charge in [-0.2, -0.15) is 0 Å². The van der Waals surface area contributed by atoms with E-state index >= 15 is 0 Å².